The van der Waals surface area contributed by atoms with Crippen molar-refractivity contribution in [1.82, 2.24) is 0 Å². The number of benzene rings is 2. The number of rotatable bonds is 2. The summed E-state index contributed by atoms with van der Waals surface area (Å²) in [6, 6.07) is 8.35. The number of nitrogens with zero attached hydrogens (tertiary/aromatic N) is 3. The van der Waals surface area contributed by atoms with Crippen molar-refractivity contribution in [2.24, 2.45) is 0 Å². The van der Waals surface area contributed by atoms with Gasteiger partial charge in [-0.25, -0.2) is 0 Å². The lowest BCUT2D eigenvalue weighted by Gasteiger charge is -2.16. The van der Waals surface area contributed by atoms with Crippen LogP contribution >= 0.6 is 58.0 Å². The summed E-state index contributed by atoms with van der Waals surface area (Å²) >= 11 is 30.4. The zero-order chi connectivity index (χ0) is 18.0. The Kier molecular flexibility index (Phi) is 5.68. The number of anilines is 2. The summed E-state index contributed by atoms with van der Waals surface area (Å²) in [6.07, 6.45) is 0. The maximum absolute atomic E-state index is 9.34. The molecule has 0 aliphatic heterocycles. The molecule has 4 nitrogen and oxygen atoms in total. The second kappa shape index (κ2) is 7.37. The Labute approximate surface area is 162 Å². The van der Waals surface area contributed by atoms with E-state index in [1.165, 1.54) is 12.1 Å². The largest absolute Gasteiger partial charge is 0.351 e. The van der Waals surface area contributed by atoms with E-state index in [2.05, 4.69) is 5.32 Å². The van der Waals surface area contributed by atoms with Gasteiger partial charge in [0, 0.05) is 0 Å². The first kappa shape index (κ1) is 18.5. The summed E-state index contributed by atoms with van der Waals surface area (Å²) in [5, 5.41) is 30.1. The molecule has 2 rings (SSSR count). The van der Waals surface area contributed by atoms with Crippen LogP contribution in [0.15, 0.2) is 12.1 Å². The topological polar surface area (TPSA) is 83.4 Å². The number of hydrogen-bond donors (Lipinski definition) is 1. The lowest BCUT2D eigenvalue weighted by Crippen LogP contribution is -2.00. The van der Waals surface area contributed by atoms with Crippen LogP contribution in [-0.4, -0.2) is 0 Å². The summed E-state index contributed by atoms with van der Waals surface area (Å²) < 4.78 is 0. The van der Waals surface area contributed by atoms with Crippen molar-refractivity contribution in [3.63, 3.8) is 0 Å². The van der Waals surface area contributed by atoms with Gasteiger partial charge in [0.05, 0.1) is 59.2 Å². The van der Waals surface area contributed by atoms with Crippen LogP contribution in [0.5, 0.6) is 0 Å². The average Bonchev–Trinajstić information content (AvgIpc) is 2.55. The molecule has 2 aromatic carbocycles. The second-order valence-corrected chi connectivity index (χ2v) is 6.29. The SMILES string of the molecule is N#Cc1cc(Cl)c(Nc2c(Cl)c(Cl)c(C#N)c(Cl)c2C#N)c(Cl)c1. The number of nitrogens with one attached hydrogen (secondary N) is 1. The smallest absolute Gasteiger partial charge is 0.103 e. The van der Waals surface area contributed by atoms with Crippen molar-refractivity contribution in [3.05, 3.63) is 53.9 Å². The zero-order valence-corrected chi connectivity index (χ0v) is 15.2. The molecular formula is C15H3Cl5N4. The van der Waals surface area contributed by atoms with Crippen LogP contribution in [0.3, 0.4) is 0 Å². The molecule has 9 heteroatoms. The standard InChI is InChI=1S/C15H3Cl5N4/c16-9-1-6(3-21)2-10(17)15(9)24-14-8(5-23)11(18)7(4-22)12(19)13(14)20/h1-2,24H. The van der Waals surface area contributed by atoms with Crippen molar-refractivity contribution < 1.29 is 0 Å². The van der Waals surface area contributed by atoms with Crippen molar-refractivity contribution >= 4 is 69.4 Å². The normalized spacial score (nSPS) is 9.75. The van der Waals surface area contributed by atoms with Crippen molar-refractivity contribution in [3.8, 4) is 18.2 Å². The molecule has 0 saturated heterocycles. The van der Waals surface area contributed by atoms with Crippen LogP contribution in [0.1, 0.15) is 16.7 Å². The van der Waals surface area contributed by atoms with Crippen LogP contribution in [-0.2, 0) is 0 Å². The molecule has 0 bridgehead atoms. The van der Waals surface area contributed by atoms with Gasteiger partial charge in [0.2, 0.25) is 0 Å². The Morgan fingerprint density at radius 2 is 1.21 bits per heavy atom. The summed E-state index contributed by atoms with van der Waals surface area (Å²) in [6.45, 7) is 0. The van der Waals surface area contributed by atoms with E-state index in [4.69, 9.17) is 68.5 Å². The van der Waals surface area contributed by atoms with E-state index in [1.807, 2.05) is 12.1 Å². The van der Waals surface area contributed by atoms with E-state index in [0.29, 0.717) is 0 Å². The molecule has 0 aromatic heterocycles. The molecule has 0 amide bonds. The Morgan fingerprint density at radius 3 is 1.67 bits per heavy atom. The molecule has 0 fully saturated rings. The Balaban J connectivity index is 2.71. The van der Waals surface area contributed by atoms with Crippen LogP contribution in [0.4, 0.5) is 11.4 Å². The highest BCUT2D eigenvalue weighted by Crippen LogP contribution is 2.44. The first-order valence-electron chi connectivity index (χ1n) is 6.02. The van der Waals surface area contributed by atoms with E-state index in [9.17, 15) is 5.26 Å². The monoisotopic (exact) mass is 414 g/mol. The van der Waals surface area contributed by atoms with Gasteiger partial charge < -0.3 is 5.32 Å². The summed E-state index contributed by atoms with van der Waals surface area (Å²) in [7, 11) is 0. The van der Waals surface area contributed by atoms with Crippen LogP contribution in [0, 0.1) is 34.0 Å². The first-order valence-corrected chi connectivity index (χ1v) is 7.91. The molecule has 1 N–H and O–H groups in total. The highest BCUT2D eigenvalue weighted by Gasteiger charge is 2.23. The van der Waals surface area contributed by atoms with Gasteiger partial charge in [-0.05, 0) is 12.1 Å². The van der Waals surface area contributed by atoms with Crippen molar-refractivity contribution in [2.45, 2.75) is 0 Å². The van der Waals surface area contributed by atoms with E-state index in [1.54, 1.807) is 6.07 Å². The fraction of sp³-hybridized carbons (Fsp3) is 0. The van der Waals surface area contributed by atoms with Gasteiger partial charge in [-0.15, -0.1) is 0 Å². The summed E-state index contributed by atoms with van der Waals surface area (Å²) in [5.74, 6) is 0. The molecule has 0 radical (unpaired) electrons. The molecular weight excluding hydrogens is 413 g/mol. The van der Waals surface area contributed by atoms with Crippen LogP contribution < -0.4 is 5.32 Å². The Hall–Kier alpha value is -1.84. The number of nitriles is 3. The first-order chi connectivity index (χ1) is 11.3. The highest BCUT2D eigenvalue weighted by molar-refractivity contribution is 6.47. The molecule has 118 valence electrons. The Morgan fingerprint density at radius 1 is 0.667 bits per heavy atom. The molecule has 0 spiro atoms. The van der Waals surface area contributed by atoms with Crippen LogP contribution in [0.2, 0.25) is 25.1 Å². The number of hydrogen-bond acceptors (Lipinski definition) is 4. The van der Waals surface area contributed by atoms with Gasteiger partial charge >= 0.3 is 0 Å². The van der Waals surface area contributed by atoms with E-state index in [-0.39, 0.29) is 53.2 Å². The predicted molar refractivity (Wildman–Crippen MR) is 95.4 cm³/mol. The summed E-state index contributed by atoms with van der Waals surface area (Å²) in [4.78, 5) is 0. The van der Waals surface area contributed by atoms with Gasteiger partial charge in [-0.3, -0.25) is 0 Å². The van der Waals surface area contributed by atoms with Gasteiger partial charge in [0.25, 0.3) is 0 Å². The fourth-order valence-corrected chi connectivity index (χ4v) is 3.23. The third kappa shape index (κ3) is 3.19. The molecule has 0 atom stereocenters. The predicted octanol–water partition coefficient (Wildman–Crippen LogP) is 6.31. The molecule has 24 heavy (non-hydrogen) atoms. The minimum Gasteiger partial charge on any atom is -0.351 e. The zero-order valence-electron chi connectivity index (χ0n) is 11.4. The number of halogens is 5. The van der Waals surface area contributed by atoms with Gasteiger partial charge in [-0.2, -0.15) is 15.8 Å². The third-order valence-corrected chi connectivity index (χ3v) is 4.79. The molecule has 0 aliphatic carbocycles. The van der Waals surface area contributed by atoms with E-state index in [0.717, 1.165) is 0 Å². The van der Waals surface area contributed by atoms with Crippen molar-refractivity contribution in [1.29, 1.82) is 15.8 Å². The van der Waals surface area contributed by atoms with Gasteiger partial charge in [-0.1, -0.05) is 58.0 Å². The molecule has 0 aliphatic rings. The Bertz CT molecular complexity index is 957. The minimum atomic E-state index is -0.141. The third-order valence-electron chi connectivity index (χ3n) is 2.97. The second-order valence-electron chi connectivity index (χ2n) is 4.34. The van der Waals surface area contributed by atoms with Crippen LogP contribution in [0.25, 0.3) is 0 Å². The van der Waals surface area contributed by atoms with E-state index < -0.39 is 0 Å². The van der Waals surface area contributed by atoms with Gasteiger partial charge in [0.15, 0.2) is 0 Å². The maximum atomic E-state index is 9.34. The van der Waals surface area contributed by atoms with Crippen molar-refractivity contribution in [2.75, 3.05) is 5.32 Å². The maximum Gasteiger partial charge on any atom is 0.103 e. The quantitative estimate of drug-likeness (QED) is 0.581. The highest BCUT2D eigenvalue weighted by atomic mass is 35.5. The van der Waals surface area contributed by atoms with Gasteiger partial charge in [0.1, 0.15) is 12.1 Å². The lowest BCUT2D eigenvalue weighted by atomic mass is 10.1. The minimum absolute atomic E-state index is 0.0571. The molecule has 2 aromatic rings. The summed E-state index contributed by atoms with van der Waals surface area (Å²) in [5.41, 5.74) is 0.342. The molecule has 0 saturated carbocycles. The molecule has 0 heterocycles. The van der Waals surface area contributed by atoms with E-state index >= 15 is 0 Å². The fourth-order valence-electron chi connectivity index (χ4n) is 1.86. The molecule has 0 unspecified atom stereocenters. The lowest BCUT2D eigenvalue weighted by molar-refractivity contribution is 1.42. The average molecular weight is 416 g/mol.